The molecule has 1 saturated carbocycles. The van der Waals surface area contributed by atoms with Crippen molar-refractivity contribution in [2.24, 2.45) is 4.99 Å². The van der Waals surface area contributed by atoms with Crippen molar-refractivity contribution in [2.75, 3.05) is 7.05 Å². The van der Waals surface area contributed by atoms with Crippen LogP contribution in [0.2, 0.25) is 0 Å². The predicted octanol–water partition coefficient (Wildman–Crippen LogP) is 3.43. The molecule has 2 aromatic rings. The molecule has 3 aliphatic rings. The molecule has 29 heavy (non-hydrogen) atoms. The standard InChI is InChI=1S/C22H23N5OS/c1-23-17(15-9-12-29-21(15)24-2)18-16(14-7-4-3-5-8-14)19-20(28)25-22(10-6-11-22)13-27(19)26-18/h3-5,7-9,12,21,24H,1,6,10-11,13H2,2H3,(H,25,28)/b17-15-. The highest BCUT2D eigenvalue weighted by molar-refractivity contribution is 8.03. The van der Waals surface area contributed by atoms with Crippen molar-refractivity contribution in [1.29, 1.82) is 0 Å². The van der Waals surface area contributed by atoms with E-state index in [0.29, 0.717) is 12.2 Å². The summed E-state index contributed by atoms with van der Waals surface area (Å²) in [4.78, 5) is 17.6. The zero-order valence-electron chi connectivity index (χ0n) is 16.3. The van der Waals surface area contributed by atoms with Gasteiger partial charge in [-0.05, 0) is 50.1 Å². The third kappa shape index (κ3) is 2.88. The molecular formula is C22H23N5OS. The molecule has 6 nitrogen and oxygen atoms in total. The van der Waals surface area contributed by atoms with Gasteiger partial charge in [-0.1, -0.05) is 30.3 Å². The van der Waals surface area contributed by atoms with Gasteiger partial charge in [-0.2, -0.15) is 5.10 Å². The lowest BCUT2D eigenvalue weighted by Gasteiger charge is -2.45. The van der Waals surface area contributed by atoms with Crippen molar-refractivity contribution < 1.29 is 4.79 Å². The molecule has 0 saturated heterocycles. The molecule has 1 atom stereocenters. The summed E-state index contributed by atoms with van der Waals surface area (Å²) in [5, 5.41) is 13.6. The van der Waals surface area contributed by atoms with Crippen LogP contribution in [0.15, 0.2) is 52.4 Å². The second-order valence-corrected chi connectivity index (χ2v) is 8.77. The first-order chi connectivity index (χ1) is 14.2. The van der Waals surface area contributed by atoms with Crippen LogP contribution in [0, 0.1) is 0 Å². The fourth-order valence-electron chi connectivity index (χ4n) is 4.45. The fourth-order valence-corrected chi connectivity index (χ4v) is 5.30. The van der Waals surface area contributed by atoms with E-state index < -0.39 is 0 Å². The van der Waals surface area contributed by atoms with E-state index in [0.717, 1.165) is 47.4 Å². The predicted molar refractivity (Wildman–Crippen MR) is 118 cm³/mol. The molecule has 0 radical (unpaired) electrons. The summed E-state index contributed by atoms with van der Waals surface area (Å²) in [5.74, 6) is -0.0523. The molecule has 148 valence electrons. The number of hydrogen-bond acceptors (Lipinski definition) is 5. The van der Waals surface area contributed by atoms with Gasteiger partial charge in [0.1, 0.15) is 11.4 Å². The van der Waals surface area contributed by atoms with Crippen LogP contribution in [-0.2, 0) is 6.54 Å². The minimum absolute atomic E-state index is 0.0523. The van der Waals surface area contributed by atoms with E-state index in [9.17, 15) is 4.79 Å². The Balaban J connectivity index is 1.75. The summed E-state index contributed by atoms with van der Waals surface area (Å²) in [7, 11) is 1.93. The Morgan fingerprint density at radius 3 is 2.83 bits per heavy atom. The summed E-state index contributed by atoms with van der Waals surface area (Å²) in [6, 6.07) is 9.96. The average Bonchev–Trinajstić information content (AvgIpc) is 3.33. The summed E-state index contributed by atoms with van der Waals surface area (Å²) < 4.78 is 1.89. The number of carbonyl (C=O) groups excluding carboxylic acids is 1. The van der Waals surface area contributed by atoms with Crippen molar-refractivity contribution in [3.8, 4) is 11.1 Å². The Kier molecular flexibility index (Phi) is 4.44. The van der Waals surface area contributed by atoms with Crippen LogP contribution >= 0.6 is 11.8 Å². The number of fused-ring (bicyclic) bond motifs is 1. The van der Waals surface area contributed by atoms with Gasteiger partial charge in [0, 0.05) is 11.1 Å². The van der Waals surface area contributed by atoms with Crippen molar-refractivity contribution in [1.82, 2.24) is 20.4 Å². The van der Waals surface area contributed by atoms with Gasteiger partial charge in [-0.15, -0.1) is 11.8 Å². The first kappa shape index (κ1) is 18.4. The lowest BCUT2D eigenvalue weighted by molar-refractivity contribution is 0.0702. The minimum atomic E-state index is -0.146. The SMILES string of the molecule is C=N/C(=C1/C=CSC1NC)c1nn2c(c1-c1ccccc1)C(=O)NC1(CCC1)C2. The van der Waals surface area contributed by atoms with Gasteiger partial charge < -0.3 is 10.6 Å². The molecule has 0 bridgehead atoms. The van der Waals surface area contributed by atoms with E-state index in [2.05, 4.69) is 33.8 Å². The number of carbonyl (C=O) groups is 1. The minimum Gasteiger partial charge on any atom is -0.343 e. The topological polar surface area (TPSA) is 71.3 Å². The molecule has 3 heterocycles. The van der Waals surface area contributed by atoms with Gasteiger partial charge in [0.25, 0.3) is 5.91 Å². The largest absolute Gasteiger partial charge is 0.343 e. The maximum absolute atomic E-state index is 13.2. The van der Waals surface area contributed by atoms with Crippen LogP contribution < -0.4 is 10.6 Å². The van der Waals surface area contributed by atoms with Crippen molar-refractivity contribution in [3.63, 3.8) is 0 Å². The third-order valence-corrected chi connectivity index (χ3v) is 7.09. The van der Waals surface area contributed by atoms with Crippen molar-refractivity contribution in [3.05, 3.63) is 58.8 Å². The van der Waals surface area contributed by atoms with Crippen molar-refractivity contribution in [2.45, 2.75) is 36.7 Å². The lowest BCUT2D eigenvalue weighted by atomic mass is 9.75. The molecule has 5 rings (SSSR count). The zero-order chi connectivity index (χ0) is 20.0. The second-order valence-electron chi connectivity index (χ2n) is 7.75. The maximum Gasteiger partial charge on any atom is 0.270 e. The summed E-state index contributed by atoms with van der Waals surface area (Å²) >= 11 is 1.69. The number of likely N-dealkylation sites (N-methyl/N-ethyl adjacent to an activating group) is 1. The molecule has 2 aliphatic heterocycles. The lowest BCUT2D eigenvalue weighted by Crippen LogP contribution is -2.59. The number of amides is 1. The Morgan fingerprint density at radius 1 is 1.38 bits per heavy atom. The number of hydrogen-bond donors (Lipinski definition) is 2. The number of nitrogens with one attached hydrogen (secondary N) is 2. The number of aromatic nitrogens is 2. The Labute approximate surface area is 174 Å². The van der Waals surface area contributed by atoms with Crippen LogP contribution in [0.5, 0.6) is 0 Å². The monoisotopic (exact) mass is 405 g/mol. The molecule has 1 aromatic carbocycles. The molecule has 2 N–H and O–H groups in total. The van der Waals surface area contributed by atoms with Gasteiger partial charge in [-0.25, -0.2) is 0 Å². The van der Waals surface area contributed by atoms with Crippen LogP contribution in [0.4, 0.5) is 0 Å². The number of benzene rings is 1. The summed E-state index contributed by atoms with van der Waals surface area (Å²) in [5.41, 5.74) is 4.72. The average molecular weight is 406 g/mol. The van der Waals surface area contributed by atoms with Gasteiger partial charge in [0.05, 0.1) is 23.2 Å². The van der Waals surface area contributed by atoms with Gasteiger partial charge in [0.2, 0.25) is 0 Å². The smallest absolute Gasteiger partial charge is 0.270 e. The maximum atomic E-state index is 13.2. The Bertz CT molecular complexity index is 1050. The normalized spacial score (nSPS) is 23.5. The first-order valence-corrected chi connectivity index (χ1v) is 10.8. The first-order valence-electron chi connectivity index (χ1n) is 9.85. The second kappa shape index (κ2) is 7.00. The molecule has 1 aliphatic carbocycles. The van der Waals surface area contributed by atoms with E-state index >= 15 is 0 Å². The zero-order valence-corrected chi connectivity index (χ0v) is 17.1. The van der Waals surface area contributed by atoms with Gasteiger partial charge >= 0.3 is 0 Å². The number of aliphatic imine (C=N–C) groups is 1. The molecule has 1 unspecified atom stereocenters. The molecule has 1 aromatic heterocycles. The highest BCUT2D eigenvalue weighted by Gasteiger charge is 2.45. The molecule has 1 fully saturated rings. The van der Waals surface area contributed by atoms with E-state index in [4.69, 9.17) is 5.10 Å². The number of rotatable bonds is 4. The summed E-state index contributed by atoms with van der Waals surface area (Å²) in [6.45, 7) is 4.54. The van der Waals surface area contributed by atoms with E-state index in [1.165, 1.54) is 0 Å². The highest BCUT2D eigenvalue weighted by atomic mass is 32.2. The third-order valence-electron chi connectivity index (χ3n) is 6.03. The molecule has 1 amide bonds. The van der Waals surface area contributed by atoms with Crippen molar-refractivity contribution >= 4 is 30.1 Å². The molecular weight excluding hydrogens is 382 g/mol. The van der Waals surface area contributed by atoms with Crippen LogP contribution in [0.25, 0.3) is 16.8 Å². The van der Waals surface area contributed by atoms with Crippen LogP contribution in [-0.4, -0.2) is 40.4 Å². The van der Waals surface area contributed by atoms with Crippen LogP contribution in [0.1, 0.15) is 35.4 Å². The van der Waals surface area contributed by atoms with E-state index in [-0.39, 0.29) is 16.8 Å². The van der Waals surface area contributed by atoms with E-state index in [1.54, 1.807) is 11.8 Å². The van der Waals surface area contributed by atoms with Crippen LogP contribution in [0.3, 0.4) is 0 Å². The Morgan fingerprint density at radius 2 is 2.17 bits per heavy atom. The van der Waals surface area contributed by atoms with Gasteiger partial charge in [-0.3, -0.25) is 14.5 Å². The molecule has 1 spiro atoms. The van der Waals surface area contributed by atoms with Gasteiger partial charge in [0.15, 0.2) is 0 Å². The summed E-state index contributed by atoms with van der Waals surface area (Å²) in [6.07, 6.45) is 5.20. The molecule has 7 heteroatoms. The Hall–Kier alpha value is -2.64. The van der Waals surface area contributed by atoms with E-state index in [1.807, 2.05) is 42.1 Å². The number of thioether (sulfide) groups is 1. The fraction of sp³-hybridized carbons (Fsp3) is 0.318. The quantitative estimate of drug-likeness (QED) is 0.765. The highest BCUT2D eigenvalue weighted by Crippen LogP contribution is 2.42. The number of nitrogens with zero attached hydrogens (tertiary/aromatic N) is 3.